The summed E-state index contributed by atoms with van der Waals surface area (Å²) in [6, 6.07) is 42.6. The molecule has 0 N–H and O–H groups in total. The predicted octanol–water partition coefficient (Wildman–Crippen LogP) is 11.6. The van der Waals surface area contributed by atoms with Gasteiger partial charge in [0.1, 0.15) is 11.4 Å². The second-order valence-electron chi connectivity index (χ2n) is 15.0. The first-order chi connectivity index (χ1) is 24.1. The minimum Gasteiger partial charge on any atom is -0.508 e. The largest absolute Gasteiger partial charge is 0.508 e. The third kappa shape index (κ3) is 5.39. The zero-order chi connectivity index (χ0) is 34.4. The number of para-hydroxylation sites is 4. The van der Waals surface area contributed by atoms with Crippen LogP contribution in [-0.4, -0.2) is 15.1 Å². The first-order valence-corrected chi connectivity index (χ1v) is 17.1. The van der Waals surface area contributed by atoms with Gasteiger partial charge in [-0.2, -0.15) is 12.7 Å². The van der Waals surface area contributed by atoms with E-state index in [0.717, 1.165) is 66.6 Å². The number of benzene rings is 5. The van der Waals surface area contributed by atoms with Crippen molar-refractivity contribution in [3.8, 4) is 17.3 Å². The van der Waals surface area contributed by atoms with Crippen LogP contribution < -0.4 is 14.5 Å². The summed E-state index contributed by atoms with van der Waals surface area (Å²) in [4.78, 5) is 9.36. The molecule has 8 aromatic rings. The van der Waals surface area contributed by atoms with E-state index in [1.807, 2.05) is 36.5 Å². The van der Waals surface area contributed by atoms with Crippen LogP contribution in [0.3, 0.4) is 0 Å². The summed E-state index contributed by atoms with van der Waals surface area (Å²) in [6.45, 7) is 15.5. The van der Waals surface area contributed by atoms with Crippen molar-refractivity contribution in [1.82, 2.24) is 9.55 Å². The van der Waals surface area contributed by atoms with Gasteiger partial charge in [-0.05, 0) is 84.3 Å². The van der Waals surface area contributed by atoms with E-state index in [4.69, 9.17) is 14.1 Å². The summed E-state index contributed by atoms with van der Waals surface area (Å²) in [5.41, 5.74) is 7.61. The molecule has 0 amide bonds. The van der Waals surface area contributed by atoms with Gasteiger partial charge in [0.05, 0.1) is 0 Å². The zero-order valence-electron chi connectivity index (χ0n) is 29.4. The summed E-state index contributed by atoms with van der Waals surface area (Å²) in [6.07, 6.45) is 1.89. The van der Waals surface area contributed by atoms with Crippen LogP contribution in [0.5, 0.6) is 11.5 Å². The number of anilines is 3. The minimum absolute atomic E-state index is 0. The molecule has 0 fully saturated rings. The third-order valence-corrected chi connectivity index (χ3v) is 9.58. The molecule has 7 heteroatoms. The Kier molecular flexibility index (Phi) is 7.81. The van der Waals surface area contributed by atoms with E-state index in [-0.39, 0.29) is 32.0 Å². The molecule has 51 heavy (non-hydrogen) atoms. The fraction of sp³-hybridized carbons (Fsp3) is 0.182. The summed E-state index contributed by atoms with van der Waals surface area (Å²) in [5.74, 6) is 1.98. The molecule has 1 aliphatic rings. The average Bonchev–Trinajstić information content (AvgIpc) is 3.78. The monoisotopic (exact) mass is 848 g/mol. The van der Waals surface area contributed by atoms with E-state index in [9.17, 15) is 0 Å². The van der Waals surface area contributed by atoms with Crippen molar-refractivity contribution >= 4 is 60.8 Å². The molecule has 3 aromatic heterocycles. The van der Waals surface area contributed by atoms with Crippen molar-refractivity contribution in [2.24, 2.45) is 0 Å². The maximum absolute atomic E-state index is 6.85. The molecule has 0 saturated carbocycles. The van der Waals surface area contributed by atoms with E-state index < -0.39 is 0 Å². The molecule has 0 radical (unpaired) electrons. The Hall–Kier alpha value is -5.06. The van der Waals surface area contributed by atoms with Crippen LogP contribution in [0.25, 0.3) is 49.6 Å². The van der Waals surface area contributed by atoms with Gasteiger partial charge in [-0.15, -0.1) is 30.0 Å². The number of furan rings is 1. The Morgan fingerprint density at radius 2 is 1.47 bits per heavy atom. The number of pyridine rings is 1. The number of fused-ring (bicyclic) bond motifs is 8. The second-order valence-corrected chi connectivity index (χ2v) is 15.0. The van der Waals surface area contributed by atoms with Gasteiger partial charge < -0.3 is 23.5 Å². The van der Waals surface area contributed by atoms with Crippen molar-refractivity contribution in [3.05, 3.63) is 134 Å². The van der Waals surface area contributed by atoms with E-state index in [1.165, 1.54) is 5.56 Å². The normalized spacial score (nSPS) is 13.4. The fourth-order valence-corrected chi connectivity index (χ4v) is 7.11. The van der Waals surface area contributed by atoms with Gasteiger partial charge in [0, 0.05) is 66.8 Å². The topological polar surface area (TPSA) is 46.7 Å². The first-order valence-electron chi connectivity index (χ1n) is 17.1. The van der Waals surface area contributed by atoms with Crippen LogP contribution >= 0.6 is 0 Å². The van der Waals surface area contributed by atoms with Crippen LogP contribution in [0.2, 0.25) is 0 Å². The van der Waals surface area contributed by atoms with Gasteiger partial charge in [-0.1, -0.05) is 80.2 Å². The molecule has 5 aromatic carbocycles. The van der Waals surface area contributed by atoms with Crippen molar-refractivity contribution in [2.75, 3.05) is 9.80 Å². The van der Waals surface area contributed by atoms with Crippen molar-refractivity contribution in [1.29, 1.82) is 0 Å². The van der Waals surface area contributed by atoms with Crippen molar-refractivity contribution < 1.29 is 30.2 Å². The fourth-order valence-electron chi connectivity index (χ4n) is 7.11. The third-order valence-electron chi connectivity index (χ3n) is 9.58. The summed E-state index contributed by atoms with van der Waals surface area (Å²) >= 11 is 0. The number of hydrogen-bond donors (Lipinski definition) is 0. The standard InChI is InChI=1S/C44H37N4O2.Pt/c1-43(2,3)28-22-23-45-39(24-28)48-33-18-9-7-16-31(33)40-36(48)26-38(41-32-17-8-12-21-37(32)50-42(40)41)49-30-15-13-14-29(25-30)46-27-47(44(4,5)6)35-20-11-10-19-34(35)46;/h7-24,27H,1-6H3;/q-3;. The first kappa shape index (κ1) is 33.1. The van der Waals surface area contributed by atoms with Gasteiger partial charge in [0.2, 0.25) is 0 Å². The van der Waals surface area contributed by atoms with E-state index in [0.29, 0.717) is 11.5 Å². The predicted molar refractivity (Wildman–Crippen MR) is 204 cm³/mol. The maximum Gasteiger partial charge on any atom is 0.135 e. The quantitative estimate of drug-likeness (QED) is 0.165. The molecule has 0 unspecified atom stereocenters. The van der Waals surface area contributed by atoms with Crippen molar-refractivity contribution in [2.45, 2.75) is 52.5 Å². The summed E-state index contributed by atoms with van der Waals surface area (Å²) in [5, 5.41) is 3.89. The van der Waals surface area contributed by atoms with Gasteiger partial charge in [0.15, 0.2) is 0 Å². The number of hydrogen-bond acceptors (Lipinski definition) is 5. The molecule has 9 rings (SSSR count). The van der Waals surface area contributed by atoms with Crippen LogP contribution in [0.4, 0.5) is 17.1 Å². The summed E-state index contributed by atoms with van der Waals surface area (Å²) in [7, 11) is 0. The van der Waals surface area contributed by atoms with Gasteiger partial charge >= 0.3 is 0 Å². The Bertz CT molecular complexity index is 2610. The summed E-state index contributed by atoms with van der Waals surface area (Å²) < 4.78 is 15.7. The van der Waals surface area contributed by atoms with Gasteiger partial charge in [-0.3, -0.25) is 0 Å². The van der Waals surface area contributed by atoms with Crippen molar-refractivity contribution in [3.63, 3.8) is 0 Å². The Labute approximate surface area is 312 Å². The van der Waals surface area contributed by atoms with Gasteiger partial charge in [0.25, 0.3) is 0 Å². The molecular formula is C44H37N4O2Pt-3. The Morgan fingerprint density at radius 3 is 2.25 bits per heavy atom. The van der Waals surface area contributed by atoms with Gasteiger partial charge in [-0.25, -0.2) is 4.98 Å². The van der Waals surface area contributed by atoms with E-state index in [2.05, 4.69) is 148 Å². The molecule has 0 atom stereocenters. The number of aromatic nitrogens is 2. The second kappa shape index (κ2) is 12.0. The number of ether oxygens (including phenoxy) is 1. The molecule has 0 bridgehead atoms. The Morgan fingerprint density at radius 1 is 0.745 bits per heavy atom. The van der Waals surface area contributed by atoms with Crippen LogP contribution in [0.15, 0.2) is 114 Å². The molecule has 4 heterocycles. The smallest absolute Gasteiger partial charge is 0.135 e. The molecule has 6 nitrogen and oxygen atoms in total. The van der Waals surface area contributed by atoms with Crippen LogP contribution in [-0.2, 0) is 26.5 Å². The number of rotatable bonds is 4. The SMILES string of the molecule is CC(C)(C)c1ccnc(-n2c3[c-]c(Oc4[c-]c(N5[CH-]N(C(C)(C)C)c6ccccc65)ccc4)c4c5ccccc5oc4c3c3ccccc32)c1.[Pt]. The molecule has 258 valence electrons. The maximum atomic E-state index is 6.85. The molecule has 1 aliphatic heterocycles. The molecule has 0 saturated heterocycles. The minimum atomic E-state index is -0.100. The van der Waals surface area contributed by atoms with E-state index in [1.54, 1.807) is 0 Å². The zero-order valence-corrected chi connectivity index (χ0v) is 31.7. The number of nitrogens with zero attached hydrogens (tertiary/aromatic N) is 4. The molecule has 0 aliphatic carbocycles. The Balaban J connectivity index is 0.00000374. The van der Waals surface area contributed by atoms with Crippen LogP contribution in [0.1, 0.15) is 47.1 Å². The average molecular weight is 849 g/mol. The molecule has 0 spiro atoms. The van der Waals surface area contributed by atoms with E-state index >= 15 is 0 Å². The van der Waals surface area contributed by atoms with Crippen LogP contribution in [0, 0.1) is 18.8 Å². The molecular weight excluding hydrogens is 812 g/mol.